The second-order valence-electron chi connectivity index (χ2n) is 7.99. The molecule has 4 heterocycles. The summed E-state index contributed by atoms with van der Waals surface area (Å²) in [6.07, 6.45) is 7.50. The number of halogens is 2. The van der Waals surface area contributed by atoms with Crippen molar-refractivity contribution in [1.82, 2.24) is 44.4 Å². The van der Waals surface area contributed by atoms with E-state index in [0.29, 0.717) is 36.8 Å². The van der Waals surface area contributed by atoms with Gasteiger partial charge in [-0.1, -0.05) is 6.07 Å². The molecule has 33 heavy (non-hydrogen) atoms. The molecule has 2 unspecified atom stereocenters. The van der Waals surface area contributed by atoms with E-state index in [1.54, 1.807) is 24.0 Å². The molecule has 10 nitrogen and oxygen atoms in total. The average molecular weight is 453 g/mol. The molecule has 3 aromatic heterocycles. The highest BCUT2D eigenvalue weighted by Crippen LogP contribution is 2.34. The summed E-state index contributed by atoms with van der Waals surface area (Å²) in [6, 6.07) is 2.61. The van der Waals surface area contributed by atoms with Gasteiger partial charge in [0.25, 0.3) is 0 Å². The second kappa shape index (κ2) is 8.37. The maximum atomic E-state index is 14.8. The molecule has 0 bridgehead atoms. The molecule has 1 aliphatic rings. The fraction of sp³-hybridized carbons (Fsp3) is 0.333. The van der Waals surface area contributed by atoms with Crippen LogP contribution in [0.2, 0.25) is 0 Å². The highest BCUT2D eigenvalue weighted by molar-refractivity contribution is 5.51. The normalized spacial score (nSPS) is 16.8. The van der Waals surface area contributed by atoms with E-state index in [9.17, 15) is 13.9 Å². The third-order valence-corrected chi connectivity index (χ3v) is 6.02. The summed E-state index contributed by atoms with van der Waals surface area (Å²) >= 11 is 0. The topological polar surface area (TPSA) is 111 Å². The maximum absolute atomic E-state index is 14.8. The van der Waals surface area contributed by atoms with E-state index in [2.05, 4.69) is 30.1 Å². The largest absolute Gasteiger partial charge is 0.381 e. The Balaban J connectivity index is 1.46. The minimum atomic E-state index is -1.72. The number of rotatable bonds is 6. The zero-order valence-corrected chi connectivity index (χ0v) is 17.8. The van der Waals surface area contributed by atoms with Crippen LogP contribution in [0.5, 0.6) is 0 Å². The van der Waals surface area contributed by atoms with Gasteiger partial charge in [0.15, 0.2) is 5.82 Å². The average Bonchev–Trinajstić information content (AvgIpc) is 3.48. The second-order valence-corrected chi connectivity index (χ2v) is 7.99. The highest BCUT2D eigenvalue weighted by Gasteiger charge is 2.43. The molecule has 1 N–H and O–H groups in total. The number of fused-ring (bicyclic) bond motifs is 1. The molecule has 4 aromatic rings. The SMILES string of the molecule is CC(N1CCn2nc(-c3cncnc3)nc2C1)C(O)(Cn1cncn1)c1ccc(F)cc1F. The van der Waals surface area contributed by atoms with Crippen LogP contribution in [0.1, 0.15) is 18.3 Å². The molecule has 12 heteroatoms. The Bertz CT molecular complexity index is 1250. The standard InChI is InChI=1S/C21H21F2N9O/c1-14(21(33,10-31-13-26-12-27-31)17-3-2-16(22)6-18(17)23)30-4-5-32-19(9-30)28-20(29-32)15-7-24-11-25-8-15/h2-3,6-8,11-14,33H,4-5,9-10H2,1H3. The molecule has 0 spiro atoms. The van der Waals surface area contributed by atoms with Gasteiger partial charge in [-0.15, -0.1) is 0 Å². The van der Waals surface area contributed by atoms with Crippen LogP contribution >= 0.6 is 0 Å². The molecule has 0 saturated carbocycles. The number of hydrogen-bond acceptors (Lipinski definition) is 8. The summed E-state index contributed by atoms with van der Waals surface area (Å²) in [4.78, 5) is 18.5. The zero-order valence-electron chi connectivity index (χ0n) is 17.8. The summed E-state index contributed by atoms with van der Waals surface area (Å²) in [7, 11) is 0. The van der Waals surface area contributed by atoms with Crippen LogP contribution in [-0.4, -0.2) is 62.1 Å². The molecule has 170 valence electrons. The van der Waals surface area contributed by atoms with Crippen LogP contribution in [0.25, 0.3) is 11.4 Å². The van der Waals surface area contributed by atoms with Crippen molar-refractivity contribution in [2.45, 2.75) is 38.2 Å². The molecule has 0 amide bonds. The van der Waals surface area contributed by atoms with E-state index in [-0.39, 0.29) is 12.1 Å². The van der Waals surface area contributed by atoms with Gasteiger partial charge < -0.3 is 5.11 Å². The van der Waals surface area contributed by atoms with Crippen molar-refractivity contribution in [3.05, 3.63) is 72.6 Å². The molecule has 0 saturated heterocycles. The van der Waals surface area contributed by atoms with Crippen molar-refractivity contribution in [2.75, 3.05) is 6.54 Å². The van der Waals surface area contributed by atoms with Gasteiger partial charge in [0.05, 0.1) is 25.2 Å². The third-order valence-electron chi connectivity index (χ3n) is 6.02. The summed E-state index contributed by atoms with van der Waals surface area (Å²) in [5.74, 6) is -0.316. The first kappa shape index (κ1) is 21.2. The molecular formula is C21H21F2N9O. The molecular weight excluding hydrogens is 432 g/mol. The lowest BCUT2D eigenvalue weighted by Gasteiger charge is -2.42. The number of hydrogen-bond donors (Lipinski definition) is 1. The van der Waals surface area contributed by atoms with Crippen molar-refractivity contribution in [2.24, 2.45) is 0 Å². The first-order valence-electron chi connectivity index (χ1n) is 10.4. The lowest BCUT2D eigenvalue weighted by molar-refractivity contribution is -0.0714. The third kappa shape index (κ3) is 3.98. The molecule has 5 rings (SSSR count). The summed E-state index contributed by atoms with van der Waals surface area (Å²) in [5.41, 5.74) is -1.03. The number of aromatic nitrogens is 8. The van der Waals surface area contributed by atoms with Gasteiger partial charge in [0.1, 0.15) is 42.0 Å². The molecule has 2 atom stereocenters. The Hall–Kier alpha value is -3.64. The van der Waals surface area contributed by atoms with Gasteiger partial charge in [-0.25, -0.2) is 38.1 Å². The smallest absolute Gasteiger partial charge is 0.184 e. The molecule has 1 aliphatic heterocycles. The molecule has 1 aromatic carbocycles. The van der Waals surface area contributed by atoms with E-state index in [0.717, 1.165) is 12.1 Å². The predicted octanol–water partition coefficient (Wildman–Crippen LogP) is 1.40. The van der Waals surface area contributed by atoms with E-state index in [1.165, 1.54) is 29.7 Å². The van der Waals surface area contributed by atoms with Crippen LogP contribution in [0.4, 0.5) is 8.78 Å². The maximum Gasteiger partial charge on any atom is 0.184 e. The minimum Gasteiger partial charge on any atom is -0.381 e. The van der Waals surface area contributed by atoms with Crippen molar-refractivity contribution in [1.29, 1.82) is 0 Å². The van der Waals surface area contributed by atoms with Crippen LogP contribution in [0.3, 0.4) is 0 Å². The molecule has 0 aliphatic carbocycles. The lowest BCUT2D eigenvalue weighted by atomic mass is 9.85. The summed E-state index contributed by atoms with van der Waals surface area (Å²) < 4.78 is 31.7. The number of nitrogens with zero attached hydrogens (tertiary/aromatic N) is 9. The molecule has 0 radical (unpaired) electrons. The minimum absolute atomic E-state index is 0.0129. The number of aliphatic hydroxyl groups is 1. The summed E-state index contributed by atoms with van der Waals surface area (Å²) in [5, 5.41) is 20.4. The van der Waals surface area contributed by atoms with E-state index in [1.807, 2.05) is 4.90 Å². The fourth-order valence-corrected chi connectivity index (χ4v) is 4.17. The van der Waals surface area contributed by atoms with Crippen molar-refractivity contribution >= 4 is 0 Å². The lowest BCUT2D eigenvalue weighted by Crippen LogP contribution is -2.53. The Kier molecular flexibility index (Phi) is 5.38. The van der Waals surface area contributed by atoms with Crippen molar-refractivity contribution < 1.29 is 13.9 Å². The Labute approximate surface area is 187 Å². The van der Waals surface area contributed by atoms with E-state index in [4.69, 9.17) is 0 Å². The van der Waals surface area contributed by atoms with Crippen LogP contribution in [0, 0.1) is 11.6 Å². The number of benzene rings is 1. The highest BCUT2D eigenvalue weighted by atomic mass is 19.1. The van der Waals surface area contributed by atoms with Gasteiger partial charge in [0.2, 0.25) is 0 Å². The predicted molar refractivity (Wildman–Crippen MR) is 111 cm³/mol. The first-order chi connectivity index (χ1) is 15.9. The van der Waals surface area contributed by atoms with Crippen LogP contribution < -0.4 is 0 Å². The monoisotopic (exact) mass is 453 g/mol. The molecule has 0 fully saturated rings. The van der Waals surface area contributed by atoms with Gasteiger partial charge >= 0.3 is 0 Å². The van der Waals surface area contributed by atoms with Crippen LogP contribution in [-0.2, 0) is 25.2 Å². The van der Waals surface area contributed by atoms with Crippen LogP contribution in [0.15, 0.2) is 49.6 Å². The fourth-order valence-electron chi connectivity index (χ4n) is 4.17. The Morgan fingerprint density at radius 3 is 2.67 bits per heavy atom. The van der Waals surface area contributed by atoms with Gasteiger partial charge in [-0.05, 0) is 13.0 Å². The summed E-state index contributed by atoms with van der Waals surface area (Å²) in [6.45, 7) is 3.20. The van der Waals surface area contributed by atoms with Crippen molar-refractivity contribution in [3.63, 3.8) is 0 Å². The van der Waals surface area contributed by atoms with Crippen molar-refractivity contribution in [3.8, 4) is 11.4 Å². The van der Waals surface area contributed by atoms with Gasteiger partial charge in [-0.3, -0.25) is 4.90 Å². The van der Waals surface area contributed by atoms with E-state index < -0.39 is 23.3 Å². The Morgan fingerprint density at radius 1 is 1.12 bits per heavy atom. The Morgan fingerprint density at radius 2 is 1.94 bits per heavy atom. The quantitative estimate of drug-likeness (QED) is 0.467. The van der Waals surface area contributed by atoms with Gasteiger partial charge in [-0.2, -0.15) is 10.2 Å². The zero-order chi connectivity index (χ0) is 23.0. The van der Waals surface area contributed by atoms with Gasteiger partial charge in [0, 0.05) is 36.6 Å². The van der Waals surface area contributed by atoms with E-state index >= 15 is 0 Å². The first-order valence-corrected chi connectivity index (χ1v) is 10.4.